The Balaban J connectivity index is 2.53. The van der Waals surface area contributed by atoms with Gasteiger partial charge in [0, 0.05) is 0 Å². The second-order valence-electron chi connectivity index (χ2n) is 9.01. The van der Waals surface area contributed by atoms with E-state index in [-0.39, 0.29) is 0 Å². The van der Waals surface area contributed by atoms with Crippen molar-refractivity contribution in [1.29, 1.82) is 0 Å². The van der Waals surface area contributed by atoms with E-state index in [1.165, 1.54) is 70.6 Å². The second-order valence-corrected chi connectivity index (χ2v) is 9.01. The first-order valence-electron chi connectivity index (χ1n) is 10.6. The molecule has 0 heterocycles. The maximum atomic E-state index is 4.55. The van der Waals surface area contributed by atoms with Gasteiger partial charge in [-0.05, 0) is 55.3 Å². The molecule has 1 saturated carbocycles. The highest BCUT2D eigenvalue weighted by atomic mass is 14.3. The minimum Gasteiger partial charge on any atom is -0.0996 e. The van der Waals surface area contributed by atoms with Crippen molar-refractivity contribution >= 4 is 0 Å². The van der Waals surface area contributed by atoms with Gasteiger partial charge in [-0.25, -0.2) is 0 Å². The average Bonchev–Trinajstić information content (AvgIpc) is 3.01. The molecule has 0 bridgehead atoms. The van der Waals surface area contributed by atoms with Gasteiger partial charge in [-0.1, -0.05) is 91.7 Å². The van der Waals surface area contributed by atoms with E-state index in [0.717, 1.165) is 29.6 Å². The van der Waals surface area contributed by atoms with Gasteiger partial charge < -0.3 is 0 Å². The zero-order valence-corrected chi connectivity index (χ0v) is 16.9. The molecule has 1 aliphatic carbocycles. The van der Waals surface area contributed by atoms with Gasteiger partial charge in [0.1, 0.15) is 0 Å². The average molecular weight is 321 g/mol. The Kier molecular flexibility index (Phi) is 10.2. The smallest absolute Gasteiger partial charge is 0.0180 e. The molecule has 23 heavy (non-hydrogen) atoms. The van der Waals surface area contributed by atoms with Crippen LogP contribution in [0.3, 0.4) is 0 Å². The lowest BCUT2D eigenvalue weighted by Crippen LogP contribution is -2.18. The molecule has 0 aromatic heterocycles. The lowest BCUT2D eigenvalue weighted by atomic mass is 9.76. The van der Waals surface area contributed by atoms with Crippen molar-refractivity contribution in [3.63, 3.8) is 0 Å². The molecule has 0 heteroatoms. The Morgan fingerprint density at radius 3 is 2.22 bits per heavy atom. The summed E-state index contributed by atoms with van der Waals surface area (Å²) in [6.45, 7) is 16.5. The maximum absolute atomic E-state index is 4.55. The number of hydrogen-bond donors (Lipinski definition) is 0. The van der Waals surface area contributed by atoms with Crippen LogP contribution in [0.4, 0.5) is 0 Å². The van der Waals surface area contributed by atoms with E-state index in [1.54, 1.807) is 5.57 Å². The molecule has 3 unspecified atom stereocenters. The third-order valence-electron chi connectivity index (χ3n) is 6.34. The molecule has 0 radical (unpaired) electrons. The van der Waals surface area contributed by atoms with Gasteiger partial charge in [0.2, 0.25) is 0 Å². The molecule has 1 fully saturated rings. The van der Waals surface area contributed by atoms with Gasteiger partial charge in [0.25, 0.3) is 0 Å². The molecule has 1 aliphatic rings. The van der Waals surface area contributed by atoms with Gasteiger partial charge in [-0.15, -0.1) is 0 Å². The first kappa shape index (κ1) is 20.8. The maximum Gasteiger partial charge on any atom is -0.0180 e. The van der Waals surface area contributed by atoms with Gasteiger partial charge in [-0.3, -0.25) is 0 Å². The highest BCUT2D eigenvalue weighted by Crippen LogP contribution is 2.37. The standard InChI is InChI=1S/C23H44/c1-7-19(4)15-16-20(5)23(14-10-11-18(2)3)21(6)17-22-12-8-9-13-22/h18-19,21-23H,5,7-17H2,1-4,6H3. The summed E-state index contributed by atoms with van der Waals surface area (Å²) < 4.78 is 0. The zero-order valence-electron chi connectivity index (χ0n) is 16.9. The SMILES string of the molecule is C=C(CCC(C)CC)C(CCCC(C)C)C(C)CC1CCCC1. The van der Waals surface area contributed by atoms with E-state index in [2.05, 4.69) is 41.2 Å². The van der Waals surface area contributed by atoms with E-state index in [1.807, 2.05) is 0 Å². The largest absolute Gasteiger partial charge is 0.0996 e. The predicted octanol–water partition coefficient (Wildman–Crippen LogP) is 8.03. The topological polar surface area (TPSA) is 0 Å². The Morgan fingerprint density at radius 2 is 1.65 bits per heavy atom. The highest BCUT2D eigenvalue weighted by Gasteiger charge is 2.25. The van der Waals surface area contributed by atoms with Crippen LogP contribution in [0.15, 0.2) is 12.2 Å². The van der Waals surface area contributed by atoms with Crippen LogP contribution in [-0.4, -0.2) is 0 Å². The van der Waals surface area contributed by atoms with Gasteiger partial charge >= 0.3 is 0 Å². The number of rotatable bonds is 12. The molecule has 0 aromatic rings. The van der Waals surface area contributed by atoms with Gasteiger partial charge in [0.05, 0.1) is 0 Å². The second kappa shape index (κ2) is 11.3. The molecule has 0 spiro atoms. The van der Waals surface area contributed by atoms with Crippen LogP contribution in [-0.2, 0) is 0 Å². The fourth-order valence-electron chi connectivity index (χ4n) is 4.39. The minimum atomic E-state index is 0.776. The molecule has 0 aromatic carbocycles. The normalized spacial score (nSPS) is 19.9. The fraction of sp³-hybridized carbons (Fsp3) is 0.913. The molecule has 1 rings (SSSR count). The quantitative estimate of drug-likeness (QED) is 0.319. The summed E-state index contributed by atoms with van der Waals surface area (Å²) in [6.07, 6.45) is 15.4. The van der Waals surface area contributed by atoms with Crippen molar-refractivity contribution in [3.8, 4) is 0 Å². The summed E-state index contributed by atoms with van der Waals surface area (Å²) in [5.41, 5.74) is 1.57. The van der Waals surface area contributed by atoms with Crippen molar-refractivity contribution in [2.75, 3.05) is 0 Å². The molecular formula is C23H44. The van der Waals surface area contributed by atoms with Crippen LogP contribution in [0.25, 0.3) is 0 Å². The summed E-state index contributed by atoms with van der Waals surface area (Å²) in [5.74, 6) is 4.33. The Bertz CT molecular complexity index is 308. The Hall–Kier alpha value is -0.260. The number of allylic oxidation sites excluding steroid dienone is 1. The summed E-state index contributed by atoms with van der Waals surface area (Å²) >= 11 is 0. The third-order valence-corrected chi connectivity index (χ3v) is 6.34. The molecule has 0 nitrogen and oxygen atoms in total. The van der Waals surface area contributed by atoms with Gasteiger partial charge in [-0.2, -0.15) is 0 Å². The molecule has 0 saturated heterocycles. The molecule has 3 atom stereocenters. The number of hydrogen-bond acceptors (Lipinski definition) is 0. The third kappa shape index (κ3) is 8.41. The zero-order chi connectivity index (χ0) is 17.2. The van der Waals surface area contributed by atoms with Crippen LogP contribution >= 0.6 is 0 Å². The molecule has 0 amide bonds. The van der Waals surface area contributed by atoms with Crippen molar-refractivity contribution in [3.05, 3.63) is 12.2 Å². The monoisotopic (exact) mass is 320 g/mol. The van der Waals surface area contributed by atoms with E-state index in [0.29, 0.717) is 0 Å². The minimum absolute atomic E-state index is 0.776. The van der Waals surface area contributed by atoms with E-state index in [9.17, 15) is 0 Å². The van der Waals surface area contributed by atoms with E-state index in [4.69, 9.17) is 0 Å². The summed E-state index contributed by atoms with van der Waals surface area (Å²) in [5, 5.41) is 0. The first-order valence-corrected chi connectivity index (χ1v) is 10.6. The molecule has 136 valence electrons. The molecule has 0 aliphatic heterocycles. The lowest BCUT2D eigenvalue weighted by Gasteiger charge is -2.29. The molecule has 0 N–H and O–H groups in total. The van der Waals surface area contributed by atoms with E-state index >= 15 is 0 Å². The predicted molar refractivity (Wildman–Crippen MR) is 106 cm³/mol. The van der Waals surface area contributed by atoms with Crippen molar-refractivity contribution in [2.24, 2.45) is 29.6 Å². The summed E-state index contributed by atoms with van der Waals surface area (Å²) in [4.78, 5) is 0. The Labute approximate surface area is 147 Å². The van der Waals surface area contributed by atoms with Crippen molar-refractivity contribution in [2.45, 2.75) is 105 Å². The van der Waals surface area contributed by atoms with Crippen LogP contribution in [0, 0.1) is 29.6 Å². The summed E-state index contributed by atoms with van der Waals surface area (Å²) in [6, 6.07) is 0. The van der Waals surface area contributed by atoms with Crippen LogP contribution < -0.4 is 0 Å². The molecular weight excluding hydrogens is 276 g/mol. The van der Waals surface area contributed by atoms with Gasteiger partial charge in [0.15, 0.2) is 0 Å². The van der Waals surface area contributed by atoms with Crippen LogP contribution in [0.5, 0.6) is 0 Å². The van der Waals surface area contributed by atoms with Crippen molar-refractivity contribution < 1.29 is 0 Å². The highest BCUT2D eigenvalue weighted by molar-refractivity contribution is 5.03. The first-order chi connectivity index (χ1) is 10.9. The Morgan fingerprint density at radius 1 is 1.00 bits per heavy atom. The van der Waals surface area contributed by atoms with Crippen LogP contribution in [0.2, 0.25) is 0 Å². The van der Waals surface area contributed by atoms with E-state index < -0.39 is 0 Å². The summed E-state index contributed by atoms with van der Waals surface area (Å²) in [7, 11) is 0. The van der Waals surface area contributed by atoms with Crippen LogP contribution in [0.1, 0.15) is 105 Å². The lowest BCUT2D eigenvalue weighted by molar-refractivity contribution is 0.289. The van der Waals surface area contributed by atoms with Crippen molar-refractivity contribution in [1.82, 2.24) is 0 Å². The fourth-order valence-corrected chi connectivity index (χ4v) is 4.39.